The first-order chi connectivity index (χ1) is 16.1. The van der Waals surface area contributed by atoms with Crippen molar-refractivity contribution in [2.24, 2.45) is 0 Å². The van der Waals surface area contributed by atoms with Crippen LogP contribution in [-0.2, 0) is 4.79 Å². The smallest absolute Gasteiger partial charge is 0.250 e. The molecule has 0 fully saturated rings. The number of benzene rings is 3. The average molecular weight is 461 g/mol. The van der Waals surface area contributed by atoms with Gasteiger partial charge in [-0.15, -0.1) is 11.3 Å². The number of hydrogen-bond acceptors (Lipinski definition) is 5. The maximum atomic E-state index is 13.5. The van der Waals surface area contributed by atoms with Gasteiger partial charge in [-0.2, -0.15) is 0 Å². The van der Waals surface area contributed by atoms with E-state index in [1.54, 1.807) is 26.4 Å². The van der Waals surface area contributed by atoms with E-state index in [-0.39, 0.29) is 11.7 Å². The highest BCUT2D eigenvalue weighted by Crippen LogP contribution is 2.29. The van der Waals surface area contributed by atoms with Crippen LogP contribution in [0.15, 0.2) is 78.2 Å². The van der Waals surface area contributed by atoms with E-state index in [1.807, 2.05) is 53.9 Å². The summed E-state index contributed by atoms with van der Waals surface area (Å²) in [6.07, 6.45) is 3.09. The molecule has 0 aliphatic carbocycles. The molecule has 0 saturated heterocycles. The van der Waals surface area contributed by atoms with Crippen molar-refractivity contribution in [1.82, 2.24) is 4.98 Å². The minimum absolute atomic E-state index is 0.301. The Balaban J connectivity index is 1.44. The molecule has 0 aliphatic heterocycles. The molecule has 1 amide bonds. The van der Waals surface area contributed by atoms with Gasteiger partial charge in [0.15, 0.2) is 5.13 Å². The van der Waals surface area contributed by atoms with Gasteiger partial charge in [-0.05, 0) is 59.7 Å². The monoisotopic (exact) mass is 460 g/mol. The topological polar surface area (TPSA) is 60.5 Å². The molecular formula is C26H21FN2O3S. The number of rotatable bonds is 7. The van der Waals surface area contributed by atoms with E-state index in [9.17, 15) is 9.18 Å². The predicted octanol–water partition coefficient (Wildman–Crippen LogP) is 6.29. The fourth-order valence-corrected chi connectivity index (χ4v) is 3.96. The van der Waals surface area contributed by atoms with Gasteiger partial charge in [-0.25, -0.2) is 9.37 Å². The second kappa shape index (κ2) is 10.1. The zero-order valence-corrected chi connectivity index (χ0v) is 18.9. The number of carbonyl (C=O) groups excluding carboxylic acids is 1. The second-order valence-electron chi connectivity index (χ2n) is 7.06. The number of nitrogens with zero attached hydrogens (tertiary/aromatic N) is 1. The van der Waals surface area contributed by atoms with Crippen molar-refractivity contribution in [2.75, 3.05) is 19.5 Å². The molecule has 0 radical (unpaired) electrons. The first-order valence-corrected chi connectivity index (χ1v) is 11.0. The molecule has 3 aromatic carbocycles. The Morgan fingerprint density at radius 3 is 2.45 bits per heavy atom. The van der Waals surface area contributed by atoms with E-state index in [0.717, 1.165) is 33.7 Å². The summed E-state index contributed by atoms with van der Waals surface area (Å²) in [5.41, 5.74) is 4.01. The first kappa shape index (κ1) is 22.2. The summed E-state index contributed by atoms with van der Waals surface area (Å²) >= 11 is 1.35. The number of methoxy groups -OCH3 is 2. The number of carbonyl (C=O) groups is 1. The maximum Gasteiger partial charge on any atom is 0.250 e. The standard InChI is InChI=1S/C26H21FN2O3S/c1-31-22-11-8-17(9-12-22)23-16-33-26(28-23)29-25(30)13-10-18-6-7-20(15-24(18)32-2)19-4-3-5-21(27)14-19/h3-16H,1-2H3,(H,28,29,30). The number of hydrogen-bond donors (Lipinski definition) is 1. The highest BCUT2D eigenvalue weighted by molar-refractivity contribution is 7.14. The Bertz CT molecular complexity index is 1300. The SMILES string of the molecule is COc1ccc(-c2csc(NC(=O)C=Cc3ccc(-c4cccc(F)c4)cc3OC)n2)cc1. The van der Waals surface area contributed by atoms with Crippen LogP contribution in [0, 0.1) is 5.82 Å². The highest BCUT2D eigenvalue weighted by Gasteiger charge is 2.08. The van der Waals surface area contributed by atoms with Gasteiger partial charge in [-0.1, -0.05) is 24.3 Å². The molecule has 0 spiro atoms. The summed E-state index contributed by atoms with van der Waals surface area (Å²) in [7, 11) is 3.17. The van der Waals surface area contributed by atoms with E-state index < -0.39 is 0 Å². The van der Waals surface area contributed by atoms with Crippen molar-refractivity contribution >= 4 is 28.5 Å². The number of nitrogens with one attached hydrogen (secondary N) is 1. The zero-order valence-electron chi connectivity index (χ0n) is 18.0. The van der Waals surface area contributed by atoms with Gasteiger partial charge in [0.25, 0.3) is 0 Å². The summed E-state index contributed by atoms with van der Waals surface area (Å²) in [4.78, 5) is 16.9. The van der Waals surface area contributed by atoms with Gasteiger partial charge in [0.1, 0.15) is 17.3 Å². The van der Waals surface area contributed by atoms with Crippen LogP contribution in [0.2, 0.25) is 0 Å². The van der Waals surface area contributed by atoms with Crippen LogP contribution in [0.25, 0.3) is 28.5 Å². The van der Waals surface area contributed by atoms with Crippen LogP contribution in [0.1, 0.15) is 5.56 Å². The third-order valence-electron chi connectivity index (χ3n) is 4.93. The third kappa shape index (κ3) is 5.45. The van der Waals surface area contributed by atoms with Crippen molar-refractivity contribution in [1.29, 1.82) is 0 Å². The Morgan fingerprint density at radius 2 is 1.73 bits per heavy atom. The van der Waals surface area contributed by atoms with Gasteiger partial charge < -0.3 is 9.47 Å². The first-order valence-electron chi connectivity index (χ1n) is 10.1. The summed E-state index contributed by atoms with van der Waals surface area (Å²) in [5.74, 6) is 0.746. The quantitative estimate of drug-likeness (QED) is 0.330. The van der Waals surface area contributed by atoms with Gasteiger partial charge in [0, 0.05) is 22.6 Å². The number of halogens is 1. The van der Waals surface area contributed by atoms with Gasteiger partial charge >= 0.3 is 0 Å². The molecule has 0 bridgehead atoms. The number of aromatic nitrogens is 1. The Hall–Kier alpha value is -3.97. The normalized spacial score (nSPS) is 10.9. The molecular weight excluding hydrogens is 439 g/mol. The Labute approximate surface area is 195 Å². The lowest BCUT2D eigenvalue weighted by Crippen LogP contribution is -2.07. The molecule has 33 heavy (non-hydrogen) atoms. The van der Waals surface area contributed by atoms with Crippen LogP contribution in [0.4, 0.5) is 9.52 Å². The average Bonchev–Trinajstić information content (AvgIpc) is 3.31. The van der Waals surface area contributed by atoms with Gasteiger partial charge in [0.05, 0.1) is 19.9 Å². The van der Waals surface area contributed by atoms with E-state index in [4.69, 9.17) is 9.47 Å². The van der Waals surface area contributed by atoms with Crippen molar-refractivity contribution in [3.63, 3.8) is 0 Å². The molecule has 5 nitrogen and oxygen atoms in total. The van der Waals surface area contributed by atoms with Gasteiger partial charge in [0.2, 0.25) is 5.91 Å². The molecule has 0 saturated carbocycles. The summed E-state index contributed by atoms with van der Waals surface area (Å²) < 4.78 is 24.2. The lowest BCUT2D eigenvalue weighted by Gasteiger charge is -2.08. The minimum Gasteiger partial charge on any atom is -0.497 e. The van der Waals surface area contributed by atoms with E-state index in [2.05, 4.69) is 10.3 Å². The predicted molar refractivity (Wildman–Crippen MR) is 130 cm³/mol. The summed E-state index contributed by atoms with van der Waals surface area (Å²) in [5, 5.41) is 5.17. The van der Waals surface area contributed by atoms with Crippen LogP contribution in [0.5, 0.6) is 11.5 Å². The van der Waals surface area contributed by atoms with Crippen LogP contribution in [-0.4, -0.2) is 25.1 Å². The van der Waals surface area contributed by atoms with Crippen LogP contribution >= 0.6 is 11.3 Å². The second-order valence-corrected chi connectivity index (χ2v) is 7.91. The fourth-order valence-electron chi connectivity index (χ4n) is 3.23. The number of anilines is 1. The van der Waals surface area contributed by atoms with E-state index in [0.29, 0.717) is 10.9 Å². The molecule has 1 N–H and O–H groups in total. The number of thiazole rings is 1. The molecule has 166 valence electrons. The number of ether oxygens (including phenoxy) is 2. The highest BCUT2D eigenvalue weighted by atomic mass is 32.1. The lowest BCUT2D eigenvalue weighted by molar-refractivity contribution is -0.111. The maximum absolute atomic E-state index is 13.5. The molecule has 0 aliphatic rings. The van der Waals surface area contributed by atoms with Crippen molar-refractivity contribution < 1.29 is 18.7 Å². The molecule has 4 rings (SSSR count). The van der Waals surface area contributed by atoms with E-state index >= 15 is 0 Å². The summed E-state index contributed by atoms with van der Waals surface area (Å²) in [6.45, 7) is 0. The van der Waals surface area contributed by atoms with Crippen molar-refractivity contribution in [3.8, 4) is 33.9 Å². The molecule has 4 aromatic rings. The van der Waals surface area contributed by atoms with Crippen molar-refractivity contribution in [3.05, 3.63) is 89.6 Å². The molecule has 0 unspecified atom stereocenters. The van der Waals surface area contributed by atoms with E-state index in [1.165, 1.54) is 29.5 Å². The third-order valence-corrected chi connectivity index (χ3v) is 5.68. The molecule has 7 heteroatoms. The lowest BCUT2D eigenvalue weighted by atomic mass is 10.0. The van der Waals surface area contributed by atoms with Crippen LogP contribution < -0.4 is 14.8 Å². The molecule has 1 aromatic heterocycles. The number of amides is 1. The van der Waals surface area contributed by atoms with Crippen molar-refractivity contribution in [2.45, 2.75) is 0 Å². The zero-order chi connectivity index (χ0) is 23.2. The fraction of sp³-hybridized carbons (Fsp3) is 0.0769. The van der Waals surface area contributed by atoms with Gasteiger partial charge in [-0.3, -0.25) is 10.1 Å². The molecule has 1 heterocycles. The Kier molecular flexibility index (Phi) is 6.80. The summed E-state index contributed by atoms with van der Waals surface area (Å²) in [6, 6.07) is 19.4. The van der Waals surface area contributed by atoms with Crippen LogP contribution in [0.3, 0.4) is 0 Å². The molecule has 0 atom stereocenters. The largest absolute Gasteiger partial charge is 0.497 e. The Morgan fingerprint density at radius 1 is 0.970 bits per heavy atom. The minimum atomic E-state index is -0.304.